The van der Waals surface area contributed by atoms with Crippen LogP contribution in [-0.4, -0.2) is 24.3 Å². The Labute approximate surface area is 95.4 Å². The largest absolute Gasteiger partial charge is 0.508 e. The van der Waals surface area contributed by atoms with Crippen molar-refractivity contribution in [3.05, 3.63) is 23.3 Å². The van der Waals surface area contributed by atoms with Crippen molar-refractivity contribution in [1.82, 2.24) is 0 Å². The first-order chi connectivity index (χ1) is 7.52. The number of alkyl halides is 3. The van der Waals surface area contributed by atoms with Gasteiger partial charge in [0.15, 0.2) is 0 Å². The molecule has 0 saturated heterocycles. The average molecular weight is 270 g/mol. The maximum absolute atomic E-state index is 12.2. The van der Waals surface area contributed by atoms with Crippen LogP contribution in [0.5, 0.6) is 5.75 Å². The number of hydrogen-bond acceptors (Lipinski definition) is 3. The van der Waals surface area contributed by atoms with Crippen LogP contribution in [0.25, 0.3) is 0 Å². The summed E-state index contributed by atoms with van der Waals surface area (Å²) in [5, 5.41) is 9.27. The lowest BCUT2D eigenvalue weighted by Gasteiger charge is -2.13. The molecular formula is C9H9F3O4S. The van der Waals surface area contributed by atoms with Crippen LogP contribution in [0.4, 0.5) is 13.2 Å². The molecule has 96 valence electrons. The van der Waals surface area contributed by atoms with E-state index < -0.39 is 38.9 Å². The molecule has 1 aromatic carbocycles. The number of halogens is 3. The van der Waals surface area contributed by atoms with Gasteiger partial charge in [0.25, 0.3) is 10.1 Å². The number of benzene rings is 1. The van der Waals surface area contributed by atoms with Gasteiger partial charge in [0.2, 0.25) is 0 Å². The molecule has 0 fully saturated rings. The number of phenolic OH excluding ortho intramolecular Hbond substituents is 1. The van der Waals surface area contributed by atoms with Gasteiger partial charge in [0.05, 0.1) is 6.42 Å². The van der Waals surface area contributed by atoms with E-state index in [0.29, 0.717) is 0 Å². The van der Waals surface area contributed by atoms with Gasteiger partial charge in [-0.05, 0) is 18.6 Å². The highest BCUT2D eigenvalue weighted by atomic mass is 32.2. The first-order valence-corrected chi connectivity index (χ1v) is 5.82. The normalized spacial score (nSPS) is 12.8. The predicted octanol–water partition coefficient (Wildman–Crippen LogP) is 2.05. The molecule has 8 heteroatoms. The SMILES string of the molecule is Cc1ccc(O)c(CC(F)(F)F)c1S(=O)(=O)O. The van der Waals surface area contributed by atoms with Gasteiger partial charge >= 0.3 is 6.18 Å². The van der Waals surface area contributed by atoms with Crippen LogP contribution in [0.2, 0.25) is 0 Å². The number of hydrogen-bond donors (Lipinski definition) is 2. The summed E-state index contributed by atoms with van der Waals surface area (Å²) >= 11 is 0. The molecule has 1 aromatic rings. The summed E-state index contributed by atoms with van der Waals surface area (Å²) in [5.41, 5.74) is -0.912. The summed E-state index contributed by atoms with van der Waals surface area (Å²) in [7, 11) is -4.82. The predicted molar refractivity (Wildman–Crippen MR) is 52.4 cm³/mol. The third-order valence-corrected chi connectivity index (χ3v) is 3.15. The Hall–Kier alpha value is -1.28. The second-order valence-electron chi connectivity index (χ2n) is 3.48. The molecule has 0 unspecified atom stereocenters. The van der Waals surface area contributed by atoms with Crippen molar-refractivity contribution >= 4 is 10.1 Å². The molecule has 17 heavy (non-hydrogen) atoms. The summed E-state index contributed by atoms with van der Waals surface area (Å²) in [6.07, 6.45) is -6.32. The molecule has 2 N–H and O–H groups in total. The zero-order valence-electron chi connectivity index (χ0n) is 8.61. The fourth-order valence-corrected chi connectivity index (χ4v) is 2.43. The maximum Gasteiger partial charge on any atom is 0.393 e. The second kappa shape index (κ2) is 4.19. The minimum Gasteiger partial charge on any atom is -0.508 e. The van der Waals surface area contributed by atoms with Gasteiger partial charge < -0.3 is 5.11 Å². The standard InChI is InChI=1S/C9H9F3O4S/c1-5-2-3-7(13)6(4-9(10,11)12)8(5)17(14,15)16/h2-3,13H,4H2,1H3,(H,14,15,16). The van der Waals surface area contributed by atoms with Crippen LogP contribution in [0.1, 0.15) is 11.1 Å². The van der Waals surface area contributed by atoms with E-state index in [1.54, 1.807) is 0 Å². The number of aromatic hydroxyl groups is 1. The number of phenols is 1. The topological polar surface area (TPSA) is 74.6 Å². The first-order valence-electron chi connectivity index (χ1n) is 4.38. The fourth-order valence-electron chi connectivity index (χ4n) is 1.46. The lowest BCUT2D eigenvalue weighted by atomic mass is 10.1. The molecule has 0 aliphatic rings. The highest BCUT2D eigenvalue weighted by Crippen LogP contribution is 2.33. The van der Waals surface area contributed by atoms with Crippen molar-refractivity contribution in [1.29, 1.82) is 0 Å². The monoisotopic (exact) mass is 270 g/mol. The Bertz CT molecular complexity index is 534. The van der Waals surface area contributed by atoms with Crippen molar-refractivity contribution in [2.75, 3.05) is 0 Å². The van der Waals surface area contributed by atoms with Gasteiger partial charge in [0.1, 0.15) is 10.6 Å². The quantitative estimate of drug-likeness (QED) is 0.806. The minimum atomic E-state index is -4.82. The second-order valence-corrected chi connectivity index (χ2v) is 4.83. The molecule has 0 aliphatic carbocycles. The van der Waals surface area contributed by atoms with Gasteiger partial charge in [-0.2, -0.15) is 21.6 Å². The van der Waals surface area contributed by atoms with E-state index in [1.165, 1.54) is 6.92 Å². The van der Waals surface area contributed by atoms with Gasteiger partial charge in [-0.1, -0.05) is 6.07 Å². The zero-order chi connectivity index (χ0) is 13.4. The van der Waals surface area contributed by atoms with E-state index in [-0.39, 0.29) is 5.56 Å². The van der Waals surface area contributed by atoms with E-state index in [9.17, 15) is 26.7 Å². The molecule has 4 nitrogen and oxygen atoms in total. The van der Waals surface area contributed by atoms with Crippen molar-refractivity contribution in [3.63, 3.8) is 0 Å². The summed E-state index contributed by atoms with van der Waals surface area (Å²) in [6, 6.07) is 2.06. The van der Waals surface area contributed by atoms with E-state index >= 15 is 0 Å². The molecule has 1 rings (SSSR count). The van der Waals surface area contributed by atoms with E-state index in [2.05, 4.69) is 0 Å². The molecule has 0 heterocycles. The molecule has 0 aromatic heterocycles. The lowest BCUT2D eigenvalue weighted by molar-refractivity contribution is -0.127. The molecule has 0 atom stereocenters. The Kier molecular flexibility index (Phi) is 3.40. The summed E-state index contributed by atoms with van der Waals surface area (Å²) < 4.78 is 67.5. The van der Waals surface area contributed by atoms with Crippen LogP contribution >= 0.6 is 0 Å². The number of aryl methyl sites for hydroxylation is 1. The smallest absolute Gasteiger partial charge is 0.393 e. The Morgan fingerprint density at radius 2 is 1.82 bits per heavy atom. The Morgan fingerprint density at radius 3 is 2.24 bits per heavy atom. The van der Waals surface area contributed by atoms with Gasteiger partial charge in [-0.3, -0.25) is 4.55 Å². The molecule has 0 bridgehead atoms. The molecule has 0 spiro atoms. The van der Waals surface area contributed by atoms with Crippen LogP contribution in [-0.2, 0) is 16.5 Å². The van der Waals surface area contributed by atoms with Crippen molar-refractivity contribution in [3.8, 4) is 5.75 Å². The molecule has 0 saturated carbocycles. The summed E-state index contributed by atoms with van der Waals surface area (Å²) in [5.74, 6) is -0.819. The van der Waals surface area contributed by atoms with Gasteiger partial charge in [-0.25, -0.2) is 0 Å². The van der Waals surface area contributed by atoms with E-state index in [4.69, 9.17) is 4.55 Å². The van der Waals surface area contributed by atoms with E-state index in [0.717, 1.165) is 12.1 Å². The lowest BCUT2D eigenvalue weighted by Crippen LogP contribution is -2.16. The van der Waals surface area contributed by atoms with Crippen LogP contribution < -0.4 is 0 Å². The average Bonchev–Trinajstić information content (AvgIpc) is 2.06. The molecule has 0 amide bonds. The van der Waals surface area contributed by atoms with E-state index in [1.807, 2.05) is 0 Å². The first kappa shape index (κ1) is 13.8. The Balaban J connectivity index is 3.52. The Morgan fingerprint density at radius 1 is 1.29 bits per heavy atom. The third-order valence-electron chi connectivity index (χ3n) is 2.07. The third kappa shape index (κ3) is 3.34. The highest BCUT2D eigenvalue weighted by Gasteiger charge is 2.33. The molecular weight excluding hydrogens is 261 g/mol. The molecule has 0 aliphatic heterocycles. The number of rotatable bonds is 2. The van der Waals surface area contributed by atoms with Crippen LogP contribution in [0, 0.1) is 6.92 Å². The van der Waals surface area contributed by atoms with Gasteiger partial charge in [0, 0.05) is 5.56 Å². The van der Waals surface area contributed by atoms with Gasteiger partial charge in [-0.15, -0.1) is 0 Å². The van der Waals surface area contributed by atoms with Crippen molar-refractivity contribution in [2.45, 2.75) is 24.4 Å². The van der Waals surface area contributed by atoms with Crippen molar-refractivity contribution < 1.29 is 31.2 Å². The maximum atomic E-state index is 12.2. The zero-order valence-corrected chi connectivity index (χ0v) is 9.43. The summed E-state index contributed by atoms with van der Waals surface area (Å²) in [6.45, 7) is 1.22. The highest BCUT2D eigenvalue weighted by molar-refractivity contribution is 7.86. The summed E-state index contributed by atoms with van der Waals surface area (Å²) in [4.78, 5) is -0.894. The van der Waals surface area contributed by atoms with Crippen molar-refractivity contribution in [2.24, 2.45) is 0 Å². The molecule has 0 radical (unpaired) electrons. The van der Waals surface area contributed by atoms with Crippen LogP contribution in [0.15, 0.2) is 17.0 Å². The minimum absolute atomic E-state index is 0.0652. The van der Waals surface area contributed by atoms with Crippen LogP contribution in [0.3, 0.4) is 0 Å². The fraction of sp³-hybridized carbons (Fsp3) is 0.333.